The van der Waals surface area contributed by atoms with E-state index in [4.69, 9.17) is 16.3 Å². The van der Waals surface area contributed by atoms with E-state index in [0.717, 1.165) is 19.1 Å². The lowest BCUT2D eigenvalue weighted by molar-refractivity contribution is 0.0665. The number of hydrogen-bond acceptors (Lipinski definition) is 1. The minimum Gasteiger partial charge on any atom is -0.381 e. The Balaban J connectivity index is 2.33. The number of hydrogen-bond donors (Lipinski definition) is 0. The molecule has 0 heterocycles. The monoisotopic (exact) mass is 176 g/mol. The van der Waals surface area contributed by atoms with Crippen molar-refractivity contribution < 1.29 is 4.74 Å². The Kier molecular flexibility index (Phi) is 3.67. The molecule has 11 heavy (non-hydrogen) atoms. The van der Waals surface area contributed by atoms with Gasteiger partial charge in [-0.3, -0.25) is 0 Å². The molecule has 0 unspecified atom stereocenters. The van der Waals surface area contributed by atoms with E-state index in [0.29, 0.717) is 5.41 Å². The normalized spacial score (nSPS) is 22.4. The van der Waals surface area contributed by atoms with Crippen molar-refractivity contribution in [1.29, 1.82) is 0 Å². The van der Waals surface area contributed by atoms with Crippen molar-refractivity contribution in [3.05, 3.63) is 0 Å². The summed E-state index contributed by atoms with van der Waals surface area (Å²) in [6.07, 6.45) is 5.19. The van der Waals surface area contributed by atoms with Gasteiger partial charge in [0.25, 0.3) is 0 Å². The highest BCUT2D eigenvalue weighted by atomic mass is 35.5. The van der Waals surface area contributed by atoms with Crippen LogP contribution in [0.3, 0.4) is 0 Å². The highest BCUT2D eigenvalue weighted by Crippen LogP contribution is 2.39. The minimum absolute atomic E-state index is 0.331. The van der Waals surface area contributed by atoms with Crippen LogP contribution in [-0.4, -0.2) is 19.1 Å². The fourth-order valence-electron chi connectivity index (χ4n) is 1.76. The minimum atomic E-state index is 0.331. The average molecular weight is 177 g/mol. The van der Waals surface area contributed by atoms with Gasteiger partial charge in [0.1, 0.15) is 0 Å². The van der Waals surface area contributed by atoms with Crippen molar-refractivity contribution in [1.82, 2.24) is 0 Å². The van der Waals surface area contributed by atoms with E-state index in [1.165, 1.54) is 25.7 Å². The van der Waals surface area contributed by atoms with Crippen molar-refractivity contribution in [3.8, 4) is 0 Å². The summed E-state index contributed by atoms with van der Waals surface area (Å²) in [5, 5.41) is 0. The third-order valence-electron chi connectivity index (χ3n) is 2.56. The van der Waals surface area contributed by atoms with Gasteiger partial charge in [-0.2, -0.15) is 0 Å². The molecule has 1 saturated carbocycles. The summed E-state index contributed by atoms with van der Waals surface area (Å²) in [4.78, 5) is 0. The molecule has 1 nitrogen and oxygen atoms in total. The maximum atomic E-state index is 5.92. The lowest BCUT2D eigenvalue weighted by Gasteiger charge is -2.25. The molecule has 1 fully saturated rings. The number of ether oxygens (including phenoxy) is 1. The van der Waals surface area contributed by atoms with Crippen molar-refractivity contribution in [2.45, 2.75) is 32.6 Å². The standard InChI is InChI=1S/C9H17ClO/c1-2-11-8-9(7-10)5-3-4-6-9/h2-8H2,1H3. The fourth-order valence-corrected chi connectivity index (χ4v) is 2.10. The molecule has 1 rings (SSSR count). The summed E-state index contributed by atoms with van der Waals surface area (Å²) in [5.41, 5.74) is 0.331. The van der Waals surface area contributed by atoms with Gasteiger partial charge in [-0.1, -0.05) is 12.8 Å². The highest BCUT2D eigenvalue weighted by Gasteiger charge is 2.32. The zero-order valence-corrected chi connectivity index (χ0v) is 7.99. The molecule has 0 aromatic heterocycles. The summed E-state index contributed by atoms with van der Waals surface area (Å²) in [6, 6.07) is 0. The van der Waals surface area contributed by atoms with Crippen LogP contribution >= 0.6 is 11.6 Å². The van der Waals surface area contributed by atoms with Gasteiger partial charge < -0.3 is 4.74 Å². The smallest absolute Gasteiger partial charge is 0.0533 e. The third-order valence-corrected chi connectivity index (χ3v) is 3.13. The molecule has 66 valence electrons. The molecular weight excluding hydrogens is 160 g/mol. The Morgan fingerprint density at radius 1 is 1.36 bits per heavy atom. The maximum Gasteiger partial charge on any atom is 0.0533 e. The summed E-state index contributed by atoms with van der Waals surface area (Å²) in [6.45, 7) is 3.72. The molecule has 0 spiro atoms. The van der Waals surface area contributed by atoms with Gasteiger partial charge in [-0.25, -0.2) is 0 Å². The van der Waals surface area contributed by atoms with E-state index in [1.807, 2.05) is 6.92 Å². The molecule has 0 saturated heterocycles. The van der Waals surface area contributed by atoms with Crippen molar-refractivity contribution in [2.24, 2.45) is 5.41 Å². The van der Waals surface area contributed by atoms with E-state index in [9.17, 15) is 0 Å². The Morgan fingerprint density at radius 2 is 2.00 bits per heavy atom. The zero-order chi connectivity index (χ0) is 8.16. The second-order valence-corrected chi connectivity index (χ2v) is 3.75. The molecule has 1 aliphatic carbocycles. The van der Waals surface area contributed by atoms with Crippen LogP contribution in [0.15, 0.2) is 0 Å². The predicted octanol–water partition coefficient (Wildman–Crippen LogP) is 2.82. The topological polar surface area (TPSA) is 9.23 Å². The molecular formula is C9H17ClO. The number of rotatable bonds is 4. The molecule has 0 N–H and O–H groups in total. The SMILES string of the molecule is CCOCC1(CCl)CCCC1. The second kappa shape index (κ2) is 4.32. The molecule has 0 radical (unpaired) electrons. The molecule has 0 aromatic rings. The Bertz CT molecular complexity index is 108. The van der Waals surface area contributed by atoms with Crippen LogP contribution < -0.4 is 0 Å². The number of alkyl halides is 1. The van der Waals surface area contributed by atoms with Gasteiger partial charge in [0.2, 0.25) is 0 Å². The third kappa shape index (κ3) is 2.34. The summed E-state index contributed by atoms with van der Waals surface area (Å²) in [5.74, 6) is 0.771. The van der Waals surface area contributed by atoms with Gasteiger partial charge in [-0.05, 0) is 19.8 Å². The molecule has 2 heteroatoms. The van der Waals surface area contributed by atoms with Gasteiger partial charge in [0, 0.05) is 17.9 Å². The van der Waals surface area contributed by atoms with Gasteiger partial charge in [0.15, 0.2) is 0 Å². The number of halogens is 1. The lowest BCUT2D eigenvalue weighted by atomic mass is 9.90. The van der Waals surface area contributed by atoms with Crippen molar-refractivity contribution >= 4 is 11.6 Å². The second-order valence-electron chi connectivity index (χ2n) is 3.48. The van der Waals surface area contributed by atoms with Gasteiger partial charge in [0.05, 0.1) is 6.61 Å². The molecule has 0 aromatic carbocycles. The highest BCUT2D eigenvalue weighted by molar-refractivity contribution is 6.18. The Hall–Kier alpha value is 0.250. The first-order valence-corrected chi connectivity index (χ1v) is 5.00. The van der Waals surface area contributed by atoms with Crippen molar-refractivity contribution in [2.75, 3.05) is 19.1 Å². The first-order chi connectivity index (χ1) is 5.33. The predicted molar refractivity (Wildman–Crippen MR) is 48.1 cm³/mol. The maximum absolute atomic E-state index is 5.92. The van der Waals surface area contributed by atoms with E-state index >= 15 is 0 Å². The summed E-state index contributed by atoms with van der Waals surface area (Å²) in [7, 11) is 0. The first kappa shape index (κ1) is 9.34. The molecule has 0 amide bonds. The quantitative estimate of drug-likeness (QED) is 0.599. The molecule has 0 bridgehead atoms. The van der Waals surface area contributed by atoms with E-state index in [-0.39, 0.29) is 0 Å². The fraction of sp³-hybridized carbons (Fsp3) is 1.00. The molecule has 1 aliphatic rings. The van der Waals surface area contributed by atoms with E-state index < -0.39 is 0 Å². The molecule has 0 aliphatic heterocycles. The van der Waals surface area contributed by atoms with Crippen LogP contribution in [-0.2, 0) is 4.74 Å². The molecule has 0 atom stereocenters. The van der Waals surface area contributed by atoms with Crippen LogP contribution in [0.25, 0.3) is 0 Å². The van der Waals surface area contributed by atoms with Crippen molar-refractivity contribution in [3.63, 3.8) is 0 Å². The zero-order valence-electron chi connectivity index (χ0n) is 7.24. The Labute approximate surface area is 74.1 Å². The van der Waals surface area contributed by atoms with Crippen LogP contribution in [0.4, 0.5) is 0 Å². The largest absolute Gasteiger partial charge is 0.381 e. The average Bonchev–Trinajstić information content (AvgIpc) is 2.50. The summed E-state index contributed by atoms with van der Waals surface area (Å²) < 4.78 is 5.43. The first-order valence-electron chi connectivity index (χ1n) is 4.47. The van der Waals surface area contributed by atoms with Crippen LogP contribution in [0.2, 0.25) is 0 Å². The lowest BCUT2D eigenvalue weighted by Crippen LogP contribution is -2.25. The van der Waals surface area contributed by atoms with Gasteiger partial charge in [-0.15, -0.1) is 11.6 Å². The van der Waals surface area contributed by atoms with E-state index in [1.54, 1.807) is 0 Å². The van der Waals surface area contributed by atoms with Crippen LogP contribution in [0.5, 0.6) is 0 Å². The van der Waals surface area contributed by atoms with Crippen LogP contribution in [0, 0.1) is 5.41 Å². The summed E-state index contributed by atoms with van der Waals surface area (Å²) >= 11 is 5.92. The van der Waals surface area contributed by atoms with E-state index in [2.05, 4.69) is 0 Å². The van der Waals surface area contributed by atoms with Crippen LogP contribution in [0.1, 0.15) is 32.6 Å². The Morgan fingerprint density at radius 3 is 2.45 bits per heavy atom. The van der Waals surface area contributed by atoms with Gasteiger partial charge >= 0.3 is 0 Å².